The second kappa shape index (κ2) is 3.55. The zero-order valence-corrected chi connectivity index (χ0v) is 8.68. The van der Waals surface area contributed by atoms with Gasteiger partial charge in [-0.1, -0.05) is 0 Å². The molecule has 0 spiro atoms. The van der Waals surface area contributed by atoms with Gasteiger partial charge in [-0.15, -0.1) is 0 Å². The highest BCUT2D eigenvalue weighted by atomic mass is 32.2. The van der Waals surface area contributed by atoms with Crippen LogP contribution in [0.2, 0.25) is 0 Å². The summed E-state index contributed by atoms with van der Waals surface area (Å²) >= 11 is 0. The maximum Gasteiger partial charge on any atom is 0.150 e. The molecule has 0 unspecified atom stereocenters. The number of rotatable bonds is 2. The maximum atomic E-state index is 11.0. The number of hydrogen-bond acceptors (Lipinski definition) is 4. The van der Waals surface area contributed by atoms with E-state index in [4.69, 9.17) is 5.73 Å². The summed E-state index contributed by atoms with van der Waals surface area (Å²) in [4.78, 5) is 0. The van der Waals surface area contributed by atoms with Gasteiger partial charge in [0.25, 0.3) is 0 Å². The molecule has 1 rings (SSSR count). The van der Waals surface area contributed by atoms with Crippen molar-refractivity contribution in [3.63, 3.8) is 0 Å². The molecule has 5 heteroatoms. The minimum absolute atomic E-state index is 0.125. The van der Waals surface area contributed by atoms with Gasteiger partial charge in [-0.2, -0.15) is 0 Å². The third kappa shape index (κ3) is 3.62. The average Bonchev–Trinajstić information content (AvgIpc) is 1.92. The van der Waals surface area contributed by atoms with E-state index < -0.39 is 15.4 Å². The van der Waals surface area contributed by atoms with Crippen molar-refractivity contribution in [2.45, 2.75) is 37.3 Å². The highest BCUT2D eigenvalue weighted by Gasteiger charge is 2.34. The number of hydrogen-bond donors (Lipinski definition) is 2. The summed E-state index contributed by atoms with van der Waals surface area (Å²) in [5.41, 5.74) is 4.63. The standard InChI is InChI=1S/C8H17NO3S/c1-13(11,12)6-8(10)4-2-7(9)3-5-8/h7,10H,2-6,9H2,1H3/t7-,8+. The van der Waals surface area contributed by atoms with Gasteiger partial charge >= 0.3 is 0 Å². The molecule has 0 aromatic carbocycles. The summed E-state index contributed by atoms with van der Waals surface area (Å²) in [5.74, 6) is -0.132. The molecule has 0 aromatic heterocycles. The Morgan fingerprint density at radius 2 is 1.92 bits per heavy atom. The topological polar surface area (TPSA) is 80.4 Å². The van der Waals surface area contributed by atoms with Crippen molar-refractivity contribution in [3.05, 3.63) is 0 Å². The first-order chi connectivity index (χ1) is 5.81. The summed E-state index contributed by atoms with van der Waals surface area (Å²) in [6.45, 7) is 0. The molecule has 1 fully saturated rings. The van der Waals surface area contributed by atoms with Crippen LogP contribution in [-0.2, 0) is 9.84 Å². The van der Waals surface area contributed by atoms with Crippen LogP contribution >= 0.6 is 0 Å². The lowest BCUT2D eigenvalue weighted by Crippen LogP contribution is -2.43. The van der Waals surface area contributed by atoms with E-state index in [-0.39, 0.29) is 11.8 Å². The van der Waals surface area contributed by atoms with Crippen molar-refractivity contribution in [1.82, 2.24) is 0 Å². The van der Waals surface area contributed by atoms with E-state index in [9.17, 15) is 13.5 Å². The van der Waals surface area contributed by atoms with Gasteiger partial charge in [0.1, 0.15) is 9.84 Å². The lowest BCUT2D eigenvalue weighted by atomic mass is 9.84. The van der Waals surface area contributed by atoms with Crippen LogP contribution in [-0.4, -0.2) is 37.2 Å². The first kappa shape index (κ1) is 10.9. The van der Waals surface area contributed by atoms with Crippen LogP contribution in [0.15, 0.2) is 0 Å². The Balaban J connectivity index is 2.58. The Morgan fingerprint density at radius 1 is 1.46 bits per heavy atom. The molecule has 0 heterocycles. The normalized spacial score (nSPS) is 36.1. The zero-order chi connectivity index (χ0) is 10.1. The molecule has 13 heavy (non-hydrogen) atoms. The van der Waals surface area contributed by atoms with Gasteiger partial charge in [-0.05, 0) is 25.7 Å². The monoisotopic (exact) mass is 207 g/mol. The van der Waals surface area contributed by atoms with Crippen LogP contribution in [0.4, 0.5) is 0 Å². The van der Waals surface area contributed by atoms with Crippen LogP contribution in [0.1, 0.15) is 25.7 Å². The molecular formula is C8H17NO3S. The highest BCUT2D eigenvalue weighted by Crippen LogP contribution is 2.28. The van der Waals surface area contributed by atoms with E-state index in [0.717, 1.165) is 6.26 Å². The fourth-order valence-corrected chi connectivity index (χ4v) is 3.07. The lowest BCUT2D eigenvalue weighted by molar-refractivity contribution is 0.0211. The molecule has 1 aliphatic rings. The Hall–Kier alpha value is -0.130. The van der Waals surface area contributed by atoms with E-state index in [1.165, 1.54) is 0 Å². The molecular weight excluding hydrogens is 190 g/mol. The van der Waals surface area contributed by atoms with E-state index in [1.807, 2.05) is 0 Å². The van der Waals surface area contributed by atoms with Crippen molar-refractivity contribution in [3.8, 4) is 0 Å². The first-order valence-corrected chi connectivity index (χ1v) is 6.52. The zero-order valence-electron chi connectivity index (χ0n) is 7.86. The minimum Gasteiger partial charge on any atom is -0.389 e. The van der Waals surface area contributed by atoms with E-state index >= 15 is 0 Å². The molecule has 0 saturated heterocycles. The molecule has 0 aliphatic heterocycles. The summed E-state index contributed by atoms with van der Waals surface area (Å²) in [5, 5.41) is 9.89. The molecule has 0 aromatic rings. The second-order valence-corrected chi connectivity index (χ2v) is 6.27. The highest BCUT2D eigenvalue weighted by molar-refractivity contribution is 7.90. The van der Waals surface area contributed by atoms with Crippen LogP contribution in [0, 0.1) is 0 Å². The molecule has 78 valence electrons. The molecule has 4 nitrogen and oxygen atoms in total. The van der Waals surface area contributed by atoms with E-state index in [0.29, 0.717) is 25.7 Å². The summed E-state index contributed by atoms with van der Waals surface area (Å²) in [6.07, 6.45) is 3.58. The fraction of sp³-hybridized carbons (Fsp3) is 1.00. The molecule has 0 radical (unpaired) electrons. The van der Waals surface area contributed by atoms with Gasteiger partial charge in [0.2, 0.25) is 0 Å². The average molecular weight is 207 g/mol. The Labute approximate surface area is 79.0 Å². The van der Waals surface area contributed by atoms with Crippen molar-refractivity contribution in [1.29, 1.82) is 0 Å². The predicted molar refractivity (Wildman–Crippen MR) is 51.1 cm³/mol. The molecule has 1 aliphatic carbocycles. The van der Waals surface area contributed by atoms with Gasteiger partial charge in [-0.25, -0.2) is 8.42 Å². The van der Waals surface area contributed by atoms with Crippen LogP contribution in [0.25, 0.3) is 0 Å². The van der Waals surface area contributed by atoms with E-state index in [1.54, 1.807) is 0 Å². The molecule has 1 saturated carbocycles. The summed E-state index contributed by atoms with van der Waals surface area (Å²) in [7, 11) is -3.09. The van der Waals surface area contributed by atoms with Gasteiger partial charge in [0.05, 0.1) is 11.4 Å². The van der Waals surface area contributed by atoms with Crippen molar-refractivity contribution < 1.29 is 13.5 Å². The lowest BCUT2D eigenvalue weighted by Gasteiger charge is -2.33. The minimum atomic E-state index is -3.09. The van der Waals surface area contributed by atoms with Crippen LogP contribution in [0.5, 0.6) is 0 Å². The quantitative estimate of drug-likeness (QED) is 0.649. The van der Waals surface area contributed by atoms with Crippen molar-refractivity contribution in [2.75, 3.05) is 12.0 Å². The van der Waals surface area contributed by atoms with Crippen LogP contribution < -0.4 is 5.73 Å². The second-order valence-electron chi connectivity index (χ2n) is 4.13. The Kier molecular flexibility index (Phi) is 2.99. The third-order valence-electron chi connectivity index (χ3n) is 2.49. The Morgan fingerprint density at radius 3 is 2.31 bits per heavy atom. The smallest absolute Gasteiger partial charge is 0.150 e. The van der Waals surface area contributed by atoms with Gasteiger partial charge < -0.3 is 10.8 Å². The summed E-state index contributed by atoms with van der Waals surface area (Å²) < 4.78 is 22.0. The van der Waals surface area contributed by atoms with Gasteiger partial charge in [0.15, 0.2) is 0 Å². The van der Waals surface area contributed by atoms with E-state index in [2.05, 4.69) is 0 Å². The predicted octanol–water partition coefficient (Wildman–Crippen LogP) is -0.337. The fourth-order valence-electron chi connectivity index (χ4n) is 1.81. The van der Waals surface area contributed by atoms with Gasteiger partial charge in [0, 0.05) is 12.3 Å². The van der Waals surface area contributed by atoms with Crippen molar-refractivity contribution in [2.24, 2.45) is 5.73 Å². The molecule has 0 amide bonds. The third-order valence-corrected chi connectivity index (χ3v) is 3.55. The van der Waals surface area contributed by atoms with Gasteiger partial charge in [-0.3, -0.25) is 0 Å². The number of nitrogens with two attached hydrogens (primary N) is 1. The first-order valence-electron chi connectivity index (χ1n) is 4.46. The summed E-state index contributed by atoms with van der Waals surface area (Å²) in [6, 6.07) is 0.125. The number of aliphatic hydroxyl groups is 1. The van der Waals surface area contributed by atoms with Crippen molar-refractivity contribution >= 4 is 9.84 Å². The molecule has 0 bridgehead atoms. The maximum absolute atomic E-state index is 11.0. The Bertz CT molecular complexity index is 265. The molecule has 0 atom stereocenters. The SMILES string of the molecule is CS(=O)(=O)C[C@]1(O)CC[C@@H](N)CC1. The number of sulfone groups is 1. The molecule has 3 N–H and O–H groups in total. The van der Waals surface area contributed by atoms with Crippen LogP contribution in [0.3, 0.4) is 0 Å². The largest absolute Gasteiger partial charge is 0.389 e.